The van der Waals surface area contributed by atoms with E-state index in [4.69, 9.17) is 0 Å². The van der Waals surface area contributed by atoms with Crippen molar-refractivity contribution in [3.05, 3.63) is 29.3 Å². The minimum Gasteiger partial charge on any atom is -0.317 e. The summed E-state index contributed by atoms with van der Waals surface area (Å²) >= 11 is 1.73. The highest BCUT2D eigenvalue weighted by Gasteiger charge is 2.01. The highest BCUT2D eigenvalue weighted by atomic mass is 32.1. The minimum absolute atomic E-state index is 1.04. The van der Waals surface area contributed by atoms with Crippen molar-refractivity contribution in [3.63, 3.8) is 0 Å². The van der Waals surface area contributed by atoms with Crippen molar-refractivity contribution >= 4 is 21.6 Å². The molecule has 0 aliphatic carbocycles. The van der Waals surface area contributed by atoms with Crippen molar-refractivity contribution in [1.82, 2.24) is 10.3 Å². The highest BCUT2D eigenvalue weighted by molar-refractivity contribution is 7.16. The van der Waals surface area contributed by atoms with Gasteiger partial charge >= 0.3 is 0 Å². The summed E-state index contributed by atoms with van der Waals surface area (Å²) in [6, 6.07) is 6.35. The van der Waals surface area contributed by atoms with Gasteiger partial charge in [-0.3, -0.25) is 0 Å². The molecule has 74 valence electrons. The van der Waals surface area contributed by atoms with E-state index in [0.717, 1.165) is 25.0 Å². The summed E-state index contributed by atoms with van der Waals surface area (Å²) in [6.45, 7) is 4.22. The summed E-state index contributed by atoms with van der Waals surface area (Å²) in [5.41, 5.74) is 4.46. The van der Waals surface area contributed by atoms with Gasteiger partial charge in [-0.25, -0.2) is 4.98 Å². The molecule has 0 saturated heterocycles. The first kappa shape index (κ1) is 9.62. The molecule has 2 rings (SSSR count). The number of nitrogens with one attached hydrogen (secondary N) is 1. The van der Waals surface area contributed by atoms with E-state index in [1.807, 2.05) is 5.51 Å². The number of hydrogen-bond donors (Lipinski definition) is 1. The maximum atomic E-state index is 4.31. The van der Waals surface area contributed by atoms with Gasteiger partial charge < -0.3 is 5.32 Å². The Balaban J connectivity index is 2.19. The Hall–Kier alpha value is -0.930. The van der Waals surface area contributed by atoms with Crippen molar-refractivity contribution in [2.75, 3.05) is 13.1 Å². The SMILES string of the molecule is CCNCCc1cccc2ncsc12. The van der Waals surface area contributed by atoms with E-state index in [2.05, 4.69) is 35.4 Å². The van der Waals surface area contributed by atoms with Gasteiger partial charge in [0.25, 0.3) is 0 Å². The second-order valence-electron chi connectivity index (χ2n) is 3.22. The predicted molar refractivity (Wildman–Crippen MR) is 61.9 cm³/mol. The summed E-state index contributed by atoms with van der Waals surface area (Å²) in [6.07, 6.45) is 1.09. The van der Waals surface area contributed by atoms with Crippen LogP contribution in [0.25, 0.3) is 10.2 Å². The Labute approximate surface area is 88.0 Å². The molecule has 0 fully saturated rings. The number of nitrogens with zero attached hydrogens (tertiary/aromatic N) is 1. The van der Waals surface area contributed by atoms with Crippen LogP contribution in [0.1, 0.15) is 12.5 Å². The third kappa shape index (κ3) is 1.94. The molecule has 0 spiro atoms. The fourth-order valence-electron chi connectivity index (χ4n) is 1.54. The van der Waals surface area contributed by atoms with Crippen LogP contribution in [0.4, 0.5) is 0 Å². The van der Waals surface area contributed by atoms with Gasteiger partial charge in [0.15, 0.2) is 0 Å². The Bertz CT molecular complexity index is 408. The highest BCUT2D eigenvalue weighted by Crippen LogP contribution is 2.22. The molecule has 1 heterocycles. The van der Waals surface area contributed by atoms with Gasteiger partial charge in [0.05, 0.1) is 15.7 Å². The smallest absolute Gasteiger partial charge is 0.0814 e. The average molecular weight is 206 g/mol. The zero-order chi connectivity index (χ0) is 9.80. The molecule has 0 aliphatic heterocycles. The van der Waals surface area contributed by atoms with E-state index in [-0.39, 0.29) is 0 Å². The van der Waals surface area contributed by atoms with E-state index >= 15 is 0 Å². The third-order valence-corrected chi connectivity index (χ3v) is 3.18. The molecular formula is C11H14N2S. The van der Waals surface area contributed by atoms with Crippen molar-refractivity contribution in [2.45, 2.75) is 13.3 Å². The molecule has 0 bridgehead atoms. The van der Waals surface area contributed by atoms with Gasteiger partial charge in [0.1, 0.15) is 0 Å². The largest absolute Gasteiger partial charge is 0.317 e. The molecule has 3 heteroatoms. The Morgan fingerprint density at radius 3 is 3.21 bits per heavy atom. The fourth-order valence-corrected chi connectivity index (χ4v) is 2.38. The quantitative estimate of drug-likeness (QED) is 0.777. The van der Waals surface area contributed by atoms with Crippen LogP contribution in [0.15, 0.2) is 23.7 Å². The summed E-state index contributed by atoms with van der Waals surface area (Å²) in [5, 5.41) is 3.34. The third-order valence-electron chi connectivity index (χ3n) is 2.26. The van der Waals surface area contributed by atoms with E-state index in [9.17, 15) is 0 Å². The lowest BCUT2D eigenvalue weighted by Gasteiger charge is -2.02. The molecule has 2 nitrogen and oxygen atoms in total. The molecule has 1 aromatic carbocycles. The first-order valence-corrected chi connectivity index (χ1v) is 5.81. The lowest BCUT2D eigenvalue weighted by Crippen LogP contribution is -2.15. The van der Waals surface area contributed by atoms with Gasteiger partial charge in [-0.2, -0.15) is 0 Å². The Morgan fingerprint density at radius 1 is 1.43 bits per heavy atom. The molecular weight excluding hydrogens is 192 g/mol. The first-order valence-electron chi connectivity index (χ1n) is 4.93. The maximum Gasteiger partial charge on any atom is 0.0814 e. The first-order chi connectivity index (χ1) is 6.92. The topological polar surface area (TPSA) is 24.9 Å². The fraction of sp³-hybridized carbons (Fsp3) is 0.364. The van der Waals surface area contributed by atoms with Gasteiger partial charge in [-0.15, -0.1) is 11.3 Å². The maximum absolute atomic E-state index is 4.31. The molecule has 0 unspecified atom stereocenters. The van der Waals surface area contributed by atoms with E-state index in [1.54, 1.807) is 11.3 Å². The van der Waals surface area contributed by atoms with E-state index in [1.165, 1.54) is 10.3 Å². The molecule has 0 atom stereocenters. The van der Waals surface area contributed by atoms with Gasteiger partial charge in [0.2, 0.25) is 0 Å². The lowest BCUT2D eigenvalue weighted by atomic mass is 10.1. The number of aromatic nitrogens is 1. The van der Waals surface area contributed by atoms with Gasteiger partial charge in [0, 0.05) is 0 Å². The number of rotatable bonds is 4. The van der Waals surface area contributed by atoms with Crippen LogP contribution in [0.2, 0.25) is 0 Å². The molecule has 14 heavy (non-hydrogen) atoms. The van der Waals surface area contributed by atoms with Crippen molar-refractivity contribution in [3.8, 4) is 0 Å². The van der Waals surface area contributed by atoms with E-state index in [0.29, 0.717) is 0 Å². The van der Waals surface area contributed by atoms with Gasteiger partial charge in [-0.05, 0) is 31.1 Å². The number of benzene rings is 1. The molecule has 0 amide bonds. The zero-order valence-electron chi connectivity index (χ0n) is 8.29. The van der Waals surface area contributed by atoms with Crippen LogP contribution < -0.4 is 5.32 Å². The molecule has 0 radical (unpaired) electrons. The zero-order valence-corrected chi connectivity index (χ0v) is 9.10. The monoisotopic (exact) mass is 206 g/mol. The number of thiazole rings is 1. The summed E-state index contributed by atoms with van der Waals surface area (Å²) < 4.78 is 1.34. The number of likely N-dealkylation sites (N-methyl/N-ethyl adjacent to an activating group) is 1. The van der Waals surface area contributed by atoms with Crippen molar-refractivity contribution in [2.24, 2.45) is 0 Å². The van der Waals surface area contributed by atoms with E-state index < -0.39 is 0 Å². The lowest BCUT2D eigenvalue weighted by molar-refractivity contribution is 0.719. The Morgan fingerprint density at radius 2 is 2.36 bits per heavy atom. The standard InChI is InChI=1S/C11H14N2S/c1-2-12-7-6-9-4-3-5-10-11(9)14-8-13-10/h3-5,8,12H,2,6-7H2,1H3. The summed E-state index contributed by atoms with van der Waals surface area (Å²) in [4.78, 5) is 4.31. The van der Waals surface area contributed by atoms with Crippen LogP contribution in [0, 0.1) is 0 Å². The molecule has 2 aromatic rings. The van der Waals surface area contributed by atoms with Crippen LogP contribution in [-0.2, 0) is 6.42 Å². The molecule has 1 N–H and O–H groups in total. The number of fused-ring (bicyclic) bond motifs is 1. The molecule has 1 aromatic heterocycles. The van der Waals surface area contributed by atoms with Crippen LogP contribution >= 0.6 is 11.3 Å². The van der Waals surface area contributed by atoms with Crippen molar-refractivity contribution in [1.29, 1.82) is 0 Å². The van der Waals surface area contributed by atoms with Gasteiger partial charge in [-0.1, -0.05) is 19.1 Å². The van der Waals surface area contributed by atoms with Crippen LogP contribution in [0.5, 0.6) is 0 Å². The Kier molecular flexibility index (Phi) is 3.11. The van der Waals surface area contributed by atoms with Crippen LogP contribution in [0.3, 0.4) is 0 Å². The predicted octanol–water partition coefficient (Wildman–Crippen LogP) is 2.45. The second-order valence-corrected chi connectivity index (χ2v) is 4.08. The average Bonchev–Trinajstić information content (AvgIpc) is 2.67. The molecule has 0 aliphatic rings. The minimum atomic E-state index is 1.04. The number of hydrogen-bond acceptors (Lipinski definition) is 3. The second kappa shape index (κ2) is 4.53. The summed E-state index contributed by atoms with van der Waals surface area (Å²) in [7, 11) is 0. The summed E-state index contributed by atoms with van der Waals surface area (Å²) in [5.74, 6) is 0. The normalized spacial score (nSPS) is 10.9. The van der Waals surface area contributed by atoms with Crippen molar-refractivity contribution < 1.29 is 0 Å². The van der Waals surface area contributed by atoms with Crippen LogP contribution in [-0.4, -0.2) is 18.1 Å². The molecule has 0 saturated carbocycles.